The average Bonchev–Trinajstić information content (AvgIpc) is 2.94. The highest BCUT2D eigenvalue weighted by molar-refractivity contribution is 7.71. The molecule has 4 heteroatoms. The molecule has 0 atom stereocenters. The number of nitrogens with zero attached hydrogens (tertiary/aromatic N) is 2. The highest BCUT2D eigenvalue weighted by Crippen LogP contribution is 2.17. The average molecular weight is 309 g/mol. The van der Waals surface area contributed by atoms with Crippen molar-refractivity contribution in [2.75, 3.05) is 0 Å². The van der Waals surface area contributed by atoms with E-state index in [0.717, 1.165) is 37.2 Å². The third-order valence-electron chi connectivity index (χ3n) is 3.73. The molecule has 3 nitrogen and oxygen atoms in total. The van der Waals surface area contributed by atoms with Gasteiger partial charge in [0.25, 0.3) is 0 Å². The first-order chi connectivity index (χ1) is 10.8. The molecule has 0 saturated carbocycles. The summed E-state index contributed by atoms with van der Waals surface area (Å²) in [6.45, 7) is 0.895. The van der Waals surface area contributed by atoms with Crippen molar-refractivity contribution >= 4 is 12.2 Å². The van der Waals surface area contributed by atoms with Crippen molar-refractivity contribution in [3.63, 3.8) is 0 Å². The van der Waals surface area contributed by atoms with E-state index >= 15 is 0 Å². The molecule has 1 N–H and O–H groups in total. The third kappa shape index (κ3) is 3.52. The Morgan fingerprint density at radius 3 is 2.32 bits per heavy atom. The molecular weight excluding hydrogens is 290 g/mol. The van der Waals surface area contributed by atoms with E-state index in [9.17, 15) is 0 Å². The predicted molar refractivity (Wildman–Crippen MR) is 92.2 cm³/mol. The summed E-state index contributed by atoms with van der Waals surface area (Å²) in [7, 11) is 0. The number of benzene rings is 2. The van der Waals surface area contributed by atoms with E-state index in [2.05, 4.69) is 57.2 Å². The van der Waals surface area contributed by atoms with Gasteiger partial charge in [0.1, 0.15) is 0 Å². The summed E-state index contributed by atoms with van der Waals surface area (Å²) in [6, 6.07) is 20.8. The van der Waals surface area contributed by atoms with Gasteiger partial charge in [-0.15, -0.1) is 0 Å². The minimum Gasteiger partial charge on any atom is -0.300 e. The number of H-pyrrole nitrogens is 1. The highest BCUT2D eigenvalue weighted by Gasteiger charge is 2.07. The molecule has 0 radical (unpaired) electrons. The standard InChI is InChI=1S/C18H19N3S/c22-18-20-19-17(16-12-5-2-6-13-16)21(18)14-8-7-11-15-9-3-1-4-10-15/h1-6,9-10,12-13H,7-8,11,14H2,(H,20,22). The predicted octanol–water partition coefficient (Wildman–Crippen LogP) is 4.63. The first-order valence-corrected chi connectivity index (χ1v) is 8.00. The number of hydrogen-bond donors (Lipinski definition) is 1. The molecule has 3 aromatic rings. The SMILES string of the molecule is S=c1[nH]nc(-c2ccccc2)n1CCCCc1ccccc1. The van der Waals surface area contributed by atoms with Crippen LogP contribution in [-0.2, 0) is 13.0 Å². The Labute approximate surface area is 135 Å². The molecule has 0 bridgehead atoms. The Hall–Kier alpha value is -2.20. The Morgan fingerprint density at radius 2 is 1.59 bits per heavy atom. The maximum atomic E-state index is 5.36. The van der Waals surface area contributed by atoms with Crippen molar-refractivity contribution in [2.24, 2.45) is 0 Å². The monoisotopic (exact) mass is 309 g/mol. The number of aromatic amines is 1. The lowest BCUT2D eigenvalue weighted by atomic mass is 10.1. The van der Waals surface area contributed by atoms with Gasteiger partial charge in [0, 0.05) is 12.1 Å². The van der Waals surface area contributed by atoms with E-state index in [1.54, 1.807) is 0 Å². The van der Waals surface area contributed by atoms with Crippen LogP contribution in [0.15, 0.2) is 60.7 Å². The van der Waals surface area contributed by atoms with Crippen LogP contribution >= 0.6 is 12.2 Å². The zero-order chi connectivity index (χ0) is 15.2. The molecule has 3 rings (SSSR count). The van der Waals surface area contributed by atoms with Crippen LogP contribution in [0.25, 0.3) is 11.4 Å². The molecule has 1 aromatic heterocycles. The topological polar surface area (TPSA) is 33.6 Å². The van der Waals surface area contributed by atoms with Crippen LogP contribution in [0.2, 0.25) is 0 Å². The molecule has 0 unspecified atom stereocenters. The maximum Gasteiger partial charge on any atom is 0.195 e. The van der Waals surface area contributed by atoms with Gasteiger partial charge in [-0.25, -0.2) is 0 Å². The smallest absolute Gasteiger partial charge is 0.195 e. The van der Waals surface area contributed by atoms with Crippen LogP contribution in [-0.4, -0.2) is 14.8 Å². The number of aromatic nitrogens is 3. The van der Waals surface area contributed by atoms with Gasteiger partial charge >= 0.3 is 0 Å². The lowest BCUT2D eigenvalue weighted by Gasteiger charge is -2.07. The van der Waals surface area contributed by atoms with Crippen LogP contribution < -0.4 is 0 Å². The highest BCUT2D eigenvalue weighted by atomic mass is 32.1. The van der Waals surface area contributed by atoms with Gasteiger partial charge < -0.3 is 4.57 Å². The zero-order valence-electron chi connectivity index (χ0n) is 12.4. The minimum atomic E-state index is 0.693. The van der Waals surface area contributed by atoms with Gasteiger partial charge in [-0.05, 0) is 37.0 Å². The number of unbranched alkanes of at least 4 members (excludes halogenated alkanes) is 1. The Bertz CT molecular complexity index is 760. The number of nitrogens with one attached hydrogen (secondary N) is 1. The van der Waals surface area contributed by atoms with E-state index in [1.807, 2.05) is 18.2 Å². The fourth-order valence-corrected chi connectivity index (χ4v) is 2.80. The van der Waals surface area contributed by atoms with Gasteiger partial charge in [0.05, 0.1) is 0 Å². The molecule has 22 heavy (non-hydrogen) atoms. The van der Waals surface area contributed by atoms with Crippen LogP contribution in [0.3, 0.4) is 0 Å². The van der Waals surface area contributed by atoms with Crippen molar-refractivity contribution in [2.45, 2.75) is 25.8 Å². The zero-order valence-corrected chi connectivity index (χ0v) is 13.2. The molecule has 2 aromatic carbocycles. The van der Waals surface area contributed by atoms with E-state index in [0.29, 0.717) is 4.77 Å². The fraction of sp³-hybridized carbons (Fsp3) is 0.222. The van der Waals surface area contributed by atoms with Crippen molar-refractivity contribution < 1.29 is 0 Å². The lowest BCUT2D eigenvalue weighted by Crippen LogP contribution is -2.01. The largest absolute Gasteiger partial charge is 0.300 e. The number of hydrogen-bond acceptors (Lipinski definition) is 2. The van der Waals surface area contributed by atoms with E-state index in [4.69, 9.17) is 12.2 Å². The summed E-state index contributed by atoms with van der Waals surface area (Å²) in [4.78, 5) is 0. The normalized spacial score (nSPS) is 10.7. The quantitative estimate of drug-likeness (QED) is 0.532. The molecule has 0 aliphatic rings. The van der Waals surface area contributed by atoms with Crippen LogP contribution in [0.4, 0.5) is 0 Å². The van der Waals surface area contributed by atoms with Crippen molar-refractivity contribution in [3.05, 3.63) is 71.0 Å². The van der Waals surface area contributed by atoms with Crippen molar-refractivity contribution in [3.8, 4) is 11.4 Å². The number of aryl methyl sites for hydroxylation is 1. The van der Waals surface area contributed by atoms with Gasteiger partial charge in [0.2, 0.25) is 0 Å². The Balaban J connectivity index is 1.64. The summed E-state index contributed by atoms with van der Waals surface area (Å²) < 4.78 is 2.79. The maximum absolute atomic E-state index is 5.36. The summed E-state index contributed by atoms with van der Waals surface area (Å²) >= 11 is 5.36. The van der Waals surface area contributed by atoms with Crippen molar-refractivity contribution in [1.82, 2.24) is 14.8 Å². The molecule has 0 spiro atoms. The van der Waals surface area contributed by atoms with Crippen LogP contribution in [0.5, 0.6) is 0 Å². The molecule has 0 amide bonds. The molecular formula is C18H19N3S. The summed E-state index contributed by atoms with van der Waals surface area (Å²) in [5.74, 6) is 0.922. The van der Waals surface area contributed by atoms with Crippen molar-refractivity contribution in [1.29, 1.82) is 0 Å². The first kappa shape index (κ1) is 14.7. The Morgan fingerprint density at radius 1 is 0.909 bits per heavy atom. The molecule has 0 fully saturated rings. The fourth-order valence-electron chi connectivity index (χ4n) is 2.58. The molecule has 0 saturated heterocycles. The van der Waals surface area contributed by atoms with Gasteiger partial charge in [-0.2, -0.15) is 5.10 Å². The summed E-state index contributed by atoms with van der Waals surface area (Å²) in [5, 5.41) is 7.28. The van der Waals surface area contributed by atoms with Crippen LogP contribution in [0, 0.1) is 4.77 Å². The van der Waals surface area contributed by atoms with Crippen LogP contribution in [0.1, 0.15) is 18.4 Å². The Kier molecular flexibility index (Phi) is 4.81. The molecule has 112 valence electrons. The number of rotatable bonds is 6. The lowest BCUT2D eigenvalue weighted by molar-refractivity contribution is 0.607. The van der Waals surface area contributed by atoms with E-state index < -0.39 is 0 Å². The molecule has 1 heterocycles. The van der Waals surface area contributed by atoms with E-state index in [-0.39, 0.29) is 0 Å². The van der Waals surface area contributed by atoms with Gasteiger partial charge in [-0.1, -0.05) is 60.7 Å². The molecule has 0 aliphatic carbocycles. The first-order valence-electron chi connectivity index (χ1n) is 7.59. The second-order valence-electron chi connectivity index (χ2n) is 5.31. The summed E-state index contributed by atoms with van der Waals surface area (Å²) in [5.41, 5.74) is 2.49. The minimum absolute atomic E-state index is 0.693. The van der Waals surface area contributed by atoms with E-state index in [1.165, 1.54) is 5.56 Å². The summed E-state index contributed by atoms with van der Waals surface area (Å²) in [6.07, 6.45) is 3.33. The second kappa shape index (κ2) is 7.18. The molecule has 0 aliphatic heterocycles. The second-order valence-corrected chi connectivity index (χ2v) is 5.70. The third-order valence-corrected chi connectivity index (χ3v) is 4.04. The van der Waals surface area contributed by atoms with Gasteiger partial charge in [-0.3, -0.25) is 5.10 Å². The van der Waals surface area contributed by atoms with Gasteiger partial charge in [0.15, 0.2) is 10.6 Å².